The van der Waals surface area contributed by atoms with Gasteiger partial charge in [0.15, 0.2) is 11.5 Å². The van der Waals surface area contributed by atoms with Crippen LogP contribution in [0.2, 0.25) is 0 Å². The van der Waals surface area contributed by atoms with Gasteiger partial charge in [-0.15, -0.1) is 0 Å². The molecule has 1 N–H and O–H groups in total. The molecule has 0 atom stereocenters. The first kappa shape index (κ1) is 27.9. The number of nitrogens with zero attached hydrogens (tertiary/aromatic N) is 2. The molecule has 4 aromatic rings. The molecule has 6 nitrogen and oxygen atoms in total. The summed E-state index contributed by atoms with van der Waals surface area (Å²) < 4.78 is 6.03. The molecule has 0 unspecified atom stereocenters. The van der Waals surface area contributed by atoms with Crippen LogP contribution in [0.3, 0.4) is 0 Å². The van der Waals surface area contributed by atoms with E-state index >= 15 is 0 Å². The number of nitrogens with one attached hydrogen (secondary N) is 1. The summed E-state index contributed by atoms with van der Waals surface area (Å²) in [7, 11) is 2.09. The van der Waals surface area contributed by atoms with E-state index in [1.807, 2.05) is 79.7 Å². The maximum absolute atomic E-state index is 13.5. The summed E-state index contributed by atoms with van der Waals surface area (Å²) in [5.41, 5.74) is 5.57. The van der Waals surface area contributed by atoms with Gasteiger partial charge in [-0.2, -0.15) is 0 Å². The summed E-state index contributed by atoms with van der Waals surface area (Å²) in [6, 6.07) is 33.3. The van der Waals surface area contributed by atoms with E-state index in [2.05, 4.69) is 35.5 Å². The van der Waals surface area contributed by atoms with E-state index < -0.39 is 0 Å². The Bertz CT molecular complexity index is 1530. The fourth-order valence-electron chi connectivity index (χ4n) is 4.92. The van der Waals surface area contributed by atoms with Gasteiger partial charge in [-0.25, -0.2) is 0 Å². The number of carbonyl (C=O) groups is 2. The molecule has 0 spiro atoms. The molecule has 5 rings (SSSR count). The van der Waals surface area contributed by atoms with Gasteiger partial charge in [0, 0.05) is 18.7 Å². The second-order valence-electron chi connectivity index (χ2n) is 10.4. The van der Waals surface area contributed by atoms with Crippen molar-refractivity contribution in [2.24, 2.45) is 0 Å². The fraction of sp³-hybridized carbons (Fsp3) is 0.200. The largest absolute Gasteiger partial charge is 0.449 e. The minimum Gasteiger partial charge on any atom is -0.449 e. The van der Waals surface area contributed by atoms with Gasteiger partial charge < -0.3 is 15.0 Å². The van der Waals surface area contributed by atoms with Gasteiger partial charge in [0.2, 0.25) is 0 Å². The van der Waals surface area contributed by atoms with Crippen LogP contribution in [0.1, 0.15) is 39.0 Å². The molecular formula is C35H35N3O3. The van der Waals surface area contributed by atoms with Gasteiger partial charge in [0.25, 0.3) is 11.8 Å². The molecule has 41 heavy (non-hydrogen) atoms. The molecule has 0 bridgehead atoms. The molecule has 1 aliphatic heterocycles. The number of ether oxygens (including phenoxy) is 1. The number of para-hydroxylation sites is 2. The molecule has 208 valence electrons. The van der Waals surface area contributed by atoms with Crippen molar-refractivity contribution in [1.29, 1.82) is 0 Å². The number of amides is 2. The predicted octanol–water partition coefficient (Wildman–Crippen LogP) is 6.21. The van der Waals surface area contributed by atoms with Crippen molar-refractivity contribution < 1.29 is 14.3 Å². The second kappa shape index (κ2) is 13.1. The summed E-state index contributed by atoms with van der Waals surface area (Å²) in [5.74, 6) is 0.562. The molecule has 1 heterocycles. The van der Waals surface area contributed by atoms with Crippen LogP contribution in [-0.4, -0.2) is 36.9 Å². The summed E-state index contributed by atoms with van der Waals surface area (Å²) in [6.07, 6.45) is 2.59. The molecule has 2 amide bonds. The first-order valence-corrected chi connectivity index (χ1v) is 13.9. The Morgan fingerprint density at radius 1 is 0.902 bits per heavy atom. The van der Waals surface area contributed by atoms with E-state index in [1.165, 1.54) is 5.56 Å². The molecule has 0 aliphatic carbocycles. The van der Waals surface area contributed by atoms with Gasteiger partial charge in [-0.05, 0) is 74.0 Å². The quantitative estimate of drug-likeness (QED) is 0.190. The van der Waals surface area contributed by atoms with Crippen molar-refractivity contribution in [3.05, 3.63) is 137 Å². The van der Waals surface area contributed by atoms with Crippen molar-refractivity contribution in [2.45, 2.75) is 26.4 Å². The summed E-state index contributed by atoms with van der Waals surface area (Å²) in [6.45, 7) is 4.86. The molecule has 0 saturated carbocycles. The van der Waals surface area contributed by atoms with E-state index in [0.29, 0.717) is 24.4 Å². The minimum absolute atomic E-state index is 0.113. The Morgan fingerprint density at radius 2 is 1.63 bits per heavy atom. The second-order valence-corrected chi connectivity index (χ2v) is 10.4. The van der Waals surface area contributed by atoms with Crippen LogP contribution < -0.4 is 15.0 Å². The molecule has 6 heteroatoms. The lowest BCUT2D eigenvalue weighted by atomic mass is 10.1. The summed E-state index contributed by atoms with van der Waals surface area (Å²) in [5, 5.41) is 3.00. The summed E-state index contributed by atoms with van der Waals surface area (Å²) >= 11 is 0. The van der Waals surface area contributed by atoms with Crippen LogP contribution >= 0.6 is 0 Å². The highest BCUT2D eigenvalue weighted by Crippen LogP contribution is 2.36. The number of rotatable bonds is 10. The monoisotopic (exact) mass is 545 g/mol. The lowest BCUT2D eigenvalue weighted by Crippen LogP contribution is -2.36. The number of carbonyl (C=O) groups excluding carboxylic acids is 2. The van der Waals surface area contributed by atoms with Crippen LogP contribution in [0.15, 0.2) is 109 Å². The average Bonchev–Trinajstić information content (AvgIpc) is 2.98. The highest BCUT2D eigenvalue weighted by atomic mass is 16.5. The lowest BCUT2D eigenvalue weighted by Gasteiger charge is -2.30. The predicted molar refractivity (Wildman–Crippen MR) is 164 cm³/mol. The topological polar surface area (TPSA) is 61.9 Å². The van der Waals surface area contributed by atoms with Crippen molar-refractivity contribution in [3.8, 4) is 5.75 Å². The molecule has 0 fully saturated rings. The van der Waals surface area contributed by atoms with Gasteiger partial charge in [-0.1, -0.05) is 84.4 Å². The minimum atomic E-state index is -0.204. The van der Waals surface area contributed by atoms with Crippen LogP contribution in [0, 0.1) is 6.92 Å². The number of hydrogen-bond acceptors (Lipinski definition) is 4. The first-order chi connectivity index (χ1) is 20.0. The van der Waals surface area contributed by atoms with E-state index in [-0.39, 0.29) is 17.6 Å². The lowest BCUT2D eigenvalue weighted by molar-refractivity contribution is -0.117. The van der Waals surface area contributed by atoms with Gasteiger partial charge in [0.05, 0.1) is 12.2 Å². The Morgan fingerprint density at radius 3 is 2.41 bits per heavy atom. The Hall–Kier alpha value is -4.68. The molecule has 1 aliphatic rings. The van der Waals surface area contributed by atoms with Gasteiger partial charge in [0.1, 0.15) is 0 Å². The van der Waals surface area contributed by atoms with E-state index in [0.717, 1.165) is 41.9 Å². The molecule has 0 radical (unpaired) electrons. The average molecular weight is 546 g/mol. The van der Waals surface area contributed by atoms with Gasteiger partial charge in [-0.3, -0.25) is 14.5 Å². The highest BCUT2D eigenvalue weighted by molar-refractivity contribution is 6.09. The van der Waals surface area contributed by atoms with E-state index in [9.17, 15) is 9.59 Å². The molecule has 4 aromatic carbocycles. The molecular weight excluding hydrogens is 510 g/mol. The van der Waals surface area contributed by atoms with Gasteiger partial charge >= 0.3 is 0 Å². The fourth-order valence-corrected chi connectivity index (χ4v) is 4.92. The first-order valence-electron chi connectivity index (χ1n) is 13.9. The van der Waals surface area contributed by atoms with Crippen molar-refractivity contribution in [3.63, 3.8) is 0 Å². The SMILES string of the molecule is Cc1cccc(CN2C(=O)C(=Cc3ccc(C(=O)NCCCN(C)Cc4ccccc4)cc3)Oc3ccccc32)c1. The zero-order valence-electron chi connectivity index (χ0n) is 23.5. The van der Waals surface area contributed by atoms with E-state index in [4.69, 9.17) is 4.74 Å². The molecule has 0 aromatic heterocycles. The van der Waals surface area contributed by atoms with Crippen LogP contribution in [0.4, 0.5) is 5.69 Å². The molecule has 0 saturated heterocycles. The third-order valence-corrected chi connectivity index (χ3v) is 7.02. The number of aryl methyl sites for hydroxylation is 1. The van der Waals surface area contributed by atoms with Crippen molar-refractivity contribution in [1.82, 2.24) is 10.2 Å². The zero-order chi connectivity index (χ0) is 28.6. The number of benzene rings is 4. The van der Waals surface area contributed by atoms with Crippen molar-refractivity contribution >= 4 is 23.6 Å². The highest BCUT2D eigenvalue weighted by Gasteiger charge is 2.30. The van der Waals surface area contributed by atoms with Crippen molar-refractivity contribution in [2.75, 3.05) is 25.0 Å². The number of anilines is 1. The number of hydrogen-bond donors (Lipinski definition) is 1. The van der Waals surface area contributed by atoms with Crippen LogP contribution in [-0.2, 0) is 17.9 Å². The Balaban J connectivity index is 1.19. The third-order valence-electron chi connectivity index (χ3n) is 7.02. The third kappa shape index (κ3) is 7.29. The normalized spacial score (nSPS) is 13.7. The standard InChI is InChI=1S/C35H35N3O3/c1-26-10-8-13-29(22-26)25-38-31-14-6-7-15-32(31)41-33(35(38)40)23-27-16-18-30(19-17-27)34(39)36-20-9-21-37(2)24-28-11-4-3-5-12-28/h3-8,10-19,22-23H,9,20-21,24-25H2,1-2H3,(H,36,39). The Kier molecular flexibility index (Phi) is 8.92. The number of fused-ring (bicyclic) bond motifs is 1. The Labute approximate surface area is 241 Å². The van der Waals surface area contributed by atoms with E-state index in [1.54, 1.807) is 23.1 Å². The van der Waals surface area contributed by atoms with Crippen LogP contribution in [0.5, 0.6) is 5.75 Å². The summed E-state index contributed by atoms with van der Waals surface area (Å²) in [4.78, 5) is 30.2. The zero-order valence-corrected chi connectivity index (χ0v) is 23.5. The van der Waals surface area contributed by atoms with Crippen LogP contribution in [0.25, 0.3) is 6.08 Å². The smallest absolute Gasteiger partial charge is 0.294 e. The maximum atomic E-state index is 13.5. The maximum Gasteiger partial charge on any atom is 0.294 e.